The molecule has 0 radical (unpaired) electrons. The number of carbonyl (C=O) groups excluding carboxylic acids is 1. The summed E-state index contributed by atoms with van der Waals surface area (Å²) >= 11 is 1.59. The smallest absolute Gasteiger partial charge is 0.242 e. The summed E-state index contributed by atoms with van der Waals surface area (Å²) in [7, 11) is -0.642. The molecular weight excluding hydrogens is 378 g/mol. The van der Waals surface area contributed by atoms with E-state index in [1.54, 1.807) is 29.5 Å². The van der Waals surface area contributed by atoms with Gasteiger partial charge in [-0.25, -0.2) is 12.7 Å². The predicted molar refractivity (Wildman–Crippen MR) is 110 cm³/mol. The Hall–Kier alpha value is -2.54. The van der Waals surface area contributed by atoms with Gasteiger partial charge >= 0.3 is 0 Å². The number of thiophene rings is 1. The second-order valence-electron chi connectivity index (χ2n) is 6.08. The fourth-order valence-corrected chi connectivity index (χ4v) is 4.34. The predicted octanol–water partition coefficient (Wildman–Crippen LogP) is 4.56. The second kappa shape index (κ2) is 8.00. The zero-order valence-corrected chi connectivity index (χ0v) is 16.6. The zero-order valence-electron chi connectivity index (χ0n) is 15.0. The normalized spacial score (nSPS) is 12.0. The summed E-state index contributed by atoms with van der Waals surface area (Å²) in [6, 6.07) is 20.1. The van der Waals surface area contributed by atoms with Crippen molar-refractivity contribution in [2.24, 2.45) is 0 Å². The van der Waals surface area contributed by atoms with Crippen LogP contribution in [-0.2, 0) is 10.0 Å². The third-order valence-corrected chi connectivity index (χ3v) is 6.89. The van der Waals surface area contributed by atoms with Crippen LogP contribution in [-0.4, -0.2) is 32.6 Å². The van der Waals surface area contributed by atoms with Gasteiger partial charge in [0.2, 0.25) is 10.0 Å². The standard InChI is InChI=1S/C21H19NO3S2/c1-22(2)27(24,25)19-10-6-9-17(15-19)20(23)13-11-18-12-14-21(26-18)16-7-4-3-5-8-16/h3-15H,1-2H3/b13-11+. The molecule has 3 aromatic rings. The summed E-state index contributed by atoms with van der Waals surface area (Å²) in [5.41, 5.74) is 1.48. The van der Waals surface area contributed by atoms with E-state index in [2.05, 4.69) is 0 Å². The topological polar surface area (TPSA) is 54.5 Å². The fourth-order valence-electron chi connectivity index (χ4n) is 2.47. The fraction of sp³-hybridized carbons (Fsp3) is 0.0952. The highest BCUT2D eigenvalue weighted by atomic mass is 32.2. The van der Waals surface area contributed by atoms with E-state index in [1.165, 1.54) is 32.3 Å². The molecule has 0 amide bonds. The SMILES string of the molecule is CN(C)S(=O)(=O)c1cccc(C(=O)/C=C/c2ccc(-c3ccccc3)s2)c1. The van der Waals surface area contributed by atoms with Gasteiger partial charge in [-0.15, -0.1) is 11.3 Å². The van der Waals surface area contributed by atoms with Crippen molar-refractivity contribution >= 4 is 33.2 Å². The molecule has 0 bridgehead atoms. The van der Waals surface area contributed by atoms with Crippen molar-refractivity contribution in [2.45, 2.75) is 4.90 Å². The highest BCUT2D eigenvalue weighted by Gasteiger charge is 2.18. The van der Waals surface area contributed by atoms with Crippen LogP contribution in [0.25, 0.3) is 16.5 Å². The quantitative estimate of drug-likeness (QED) is 0.452. The summed E-state index contributed by atoms with van der Waals surface area (Å²) in [4.78, 5) is 14.6. The molecule has 0 saturated carbocycles. The van der Waals surface area contributed by atoms with E-state index in [4.69, 9.17) is 0 Å². The molecule has 0 N–H and O–H groups in total. The van der Waals surface area contributed by atoms with Crippen LogP contribution in [0.2, 0.25) is 0 Å². The van der Waals surface area contributed by atoms with Gasteiger partial charge in [0, 0.05) is 29.4 Å². The molecular formula is C21H19NO3S2. The van der Waals surface area contributed by atoms with E-state index in [1.807, 2.05) is 42.5 Å². The van der Waals surface area contributed by atoms with Crippen LogP contribution in [0.4, 0.5) is 0 Å². The number of nitrogens with zero attached hydrogens (tertiary/aromatic N) is 1. The summed E-state index contributed by atoms with van der Waals surface area (Å²) in [5.74, 6) is -0.236. The monoisotopic (exact) mass is 397 g/mol. The van der Waals surface area contributed by atoms with Crippen molar-refractivity contribution in [3.8, 4) is 10.4 Å². The van der Waals surface area contributed by atoms with Gasteiger partial charge in [0.1, 0.15) is 0 Å². The molecule has 138 valence electrons. The zero-order chi connectivity index (χ0) is 19.4. The third-order valence-electron chi connectivity index (χ3n) is 3.98. The van der Waals surface area contributed by atoms with Gasteiger partial charge in [0.25, 0.3) is 0 Å². The Kier molecular flexibility index (Phi) is 5.70. The molecule has 0 saturated heterocycles. The van der Waals surface area contributed by atoms with Gasteiger partial charge in [-0.3, -0.25) is 4.79 Å². The first-order chi connectivity index (χ1) is 12.9. The molecule has 0 fully saturated rings. The van der Waals surface area contributed by atoms with Crippen LogP contribution in [0, 0.1) is 0 Å². The summed E-state index contributed by atoms with van der Waals surface area (Å²) in [6.45, 7) is 0. The van der Waals surface area contributed by atoms with Crippen LogP contribution in [0.3, 0.4) is 0 Å². The number of hydrogen-bond acceptors (Lipinski definition) is 4. The van der Waals surface area contributed by atoms with E-state index in [-0.39, 0.29) is 10.7 Å². The van der Waals surface area contributed by atoms with Crippen molar-refractivity contribution in [1.29, 1.82) is 0 Å². The lowest BCUT2D eigenvalue weighted by Gasteiger charge is -2.11. The Bertz CT molecular complexity index is 1080. The van der Waals surface area contributed by atoms with E-state index in [0.717, 1.165) is 19.6 Å². The summed E-state index contributed by atoms with van der Waals surface area (Å²) in [6.07, 6.45) is 3.23. The molecule has 0 aliphatic heterocycles. The Labute approximate surface area is 163 Å². The number of rotatable bonds is 6. The molecule has 0 atom stereocenters. The van der Waals surface area contributed by atoms with Gasteiger partial charge in [-0.2, -0.15) is 0 Å². The van der Waals surface area contributed by atoms with Crippen LogP contribution in [0.1, 0.15) is 15.2 Å². The number of sulfonamides is 1. The average molecular weight is 398 g/mol. The third kappa shape index (κ3) is 4.42. The molecule has 6 heteroatoms. The van der Waals surface area contributed by atoms with E-state index in [0.29, 0.717) is 5.56 Å². The van der Waals surface area contributed by atoms with Crippen molar-refractivity contribution < 1.29 is 13.2 Å². The largest absolute Gasteiger partial charge is 0.289 e. The Morgan fingerprint density at radius 3 is 2.41 bits per heavy atom. The lowest BCUT2D eigenvalue weighted by atomic mass is 10.1. The van der Waals surface area contributed by atoms with E-state index >= 15 is 0 Å². The second-order valence-corrected chi connectivity index (χ2v) is 9.35. The summed E-state index contributed by atoms with van der Waals surface area (Å²) < 4.78 is 25.6. The molecule has 4 nitrogen and oxygen atoms in total. The lowest BCUT2D eigenvalue weighted by Crippen LogP contribution is -2.22. The van der Waals surface area contributed by atoms with Gasteiger partial charge < -0.3 is 0 Å². The van der Waals surface area contributed by atoms with Crippen LogP contribution in [0.15, 0.2) is 77.7 Å². The minimum atomic E-state index is -3.57. The van der Waals surface area contributed by atoms with Crippen molar-refractivity contribution in [2.75, 3.05) is 14.1 Å². The van der Waals surface area contributed by atoms with Crippen molar-refractivity contribution in [1.82, 2.24) is 4.31 Å². The van der Waals surface area contributed by atoms with Crippen LogP contribution in [0.5, 0.6) is 0 Å². The minimum Gasteiger partial charge on any atom is -0.289 e. The van der Waals surface area contributed by atoms with Crippen LogP contribution >= 0.6 is 11.3 Å². The molecule has 2 aromatic carbocycles. The van der Waals surface area contributed by atoms with E-state index in [9.17, 15) is 13.2 Å². The maximum atomic E-state index is 12.5. The Balaban J connectivity index is 1.79. The van der Waals surface area contributed by atoms with Gasteiger partial charge in [0.15, 0.2) is 5.78 Å². The highest BCUT2D eigenvalue weighted by Crippen LogP contribution is 2.28. The van der Waals surface area contributed by atoms with Gasteiger partial charge in [-0.1, -0.05) is 42.5 Å². The Morgan fingerprint density at radius 2 is 1.70 bits per heavy atom. The number of carbonyl (C=O) groups is 1. The summed E-state index contributed by atoms with van der Waals surface area (Å²) in [5, 5.41) is 0. The Morgan fingerprint density at radius 1 is 0.963 bits per heavy atom. The highest BCUT2D eigenvalue weighted by molar-refractivity contribution is 7.89. The molecule has 1 aromatic heterocycles. The number of ketones is 1. The van der Waals surface area contributed by atoms with E-state index < -0.39 is 10.0 Å². The van der Waals surface area contributed by atoms with Crippen LogP contribution < -0.4 is 0 Å². The van der Waals surface area contributed by atoms with Crippen molar-refractivity contribution in [3.05, 3.63) is 83.2 Å². The molecule has 0 aliphatic rings. The first kappa shape index (κ1) is 19.2. The average Bonchev–Trinajstić information content (AvgIpc) is 3.16. The maximum absolute atomic E-state index is 12.5. The first-order valence-corrected chi connectivity index (χ1v) is 10.5. The molecule has 3 rings (SSSR count). The van der Waals surface area contributed by atoms with Crippen molar-refractivity contribution in [3.63, 3.8) is 0 Å². The number of hydrogen-bond donors (Lipinski definition) is 0. The van der Waals surface area contributed by atoms with Gasteiger partial charge in [0.05, 0.1) is 4.90 Å². The molecule has 27 heavy (non-hydrogen) atoms. The first-order valence-electron chi connectivity index (χ1n) is 8.28. The molecule has 0 spiro atoms. The number of allylic oxidation sites excluding steroid dienone is 1. The van der Waals surface area contributed by atoms with Gasteiger partial charge in [-0.05, 0) is 42.0 Å². The molecule has 0 unspecified atom stereocenters. The molecule has 0 aliphatic carbocycles. The minimum absolute atomic E-state index is 0.106. The number of benzene rings is 2. The lowest BCUT2D eigenvalue weighted by molar-refractivity contribution is 0.104. The maximum Gasteiger partial charge on any atom is 0.242 e. The molecule has 1 heterocycles.